The summed E-state index contributed by atoms with van der Waals surface area (Å²) in [6.45, 7) is 44.8. The predicted molar refractivity (Wildman–Crippen MR) is 455 cm³/mol. The third kappa shape index (κ3) is 44.5. The summed E-state index contributed by atoms with van der Waals surface area (Å²) in [7, 11) is -4.13. The Morgan fingerprint density at radius 3 is 0.737 bits per heavy atom. The minimum absolute atomic E-state index is 0. The third-order valence-electron chi connectivity index (χ3n) is 14.8. The van der Waals surface area contributed by atoms with Gasteiger partial charge in [-0.25, -0.2) is 5.91 Å². The number of alkyl halides is 15. The molecule has 0 aliphatic carbocycles. The smallest absolute Gasteiger partial charge is 0.674 e. The van der Waals surface area contributed by atoms with Gasteiger partial charge in [0.25, 0.3) is 0 Å². The molecule has 0 aliphatic heterocycles. The molecule has 0 amide bonds. The molecule has 11 aromatic rings. The van der Waals surface area contributed by atoms with Crippen molar-refractivity contribution < 1.29 is 118 Å². The minimum atomic E-state index is -5.11. The summed E-state index contributed by atoms with van der Waals surface area (Å²) in [5, 5.41) is 12.3. The zero-order valence-corrected chi connectivity index (χ0v) is 74.7. The Morgan fingerprint density at radius 2 is 0.551 bits per heavy atom. The van der Waals surface area contributed by atoms with Crippen molar-refractivity contribution in [3.63, 3.8) is 0 Å². The Labute approximate surface area is 730 Å². The molecule has 0 spiro atoms. The van der Waals surface area contributed by atoms with E-state index in [0.717, 1.165) is 75.3 Å². The molecule has 0 saturated carbocycles. The Bertz CT molecular complexity index is 4140. The van der Waals surface area contributed by atoms with Crippen LogP contribution in [0.25, 0.3) is 10.6 Å². The molecule has 11 aromatic carbocycles. The SMILES string of the molecule is CCN=C(NC(C)(C)C)P(c1cc(C)cc(C(F)(F)F)c1)c1cc(C(F)(F)F)cc(C(F)(F)F)c1.CC[N-]C([N-]C(C)(C)C)P(c1cc(C)cc(C(F)(F)F)c1)c1cc(C)cc(C(F)(F)F)c1.[CH2-]c1ccccc1.[CH2-]c1ccccc1.[CH2-]c1ccccc1.[CH2-]c1ccccc1.[CH2-]c1ccccc1.[CH2-]c1ccccc1.[CH2-]c1ccccc1.[Zr+4].[Zr]. The number of hydrogen-bond acceptors (Lipinski definition) is 1. The van der Waals surface area contributed by atoms with E-state index in [9.17, 15) is 65.9 Å². The second-order valence-electron chi connectivity index (χ2n) is 27.9. The molecule has 2 atom stereocenters. The molecule has 11 rings (SSSR count). The summed E-state index contributed by atoms with van der Waals surface area (Å²) < 4.78 is 203. The maximum atomic E-state index is 13.6. The van der Waals surface area contributed by atoms with Crippen LogP contribution < -0.4 is 26.5 Å². The molecule has 1 N–H and O–H groups in total. The number of aliphatic imine (C=N–C) groups is 1. The van der Waals surface area contributed by atoms with Crippen molar-refractivity contribution in [2.45, 2.75) is 124 Å². The first-order valence-corrected chi connectivity index (χ1v) is 39.0. The van der Waals surface area contributed by atoms with Gasteiger partial charge in [-0.15, -0.1) is 90.5 Å². The second-order valence-corrected chi connectivity index (χ2v) is 32.2. The fraction of sp³-hybridized carbons (Fsp3) is 0.221. The summed E-state index contributed by atoms with van der Waals surface area (Å²) in [4.78, 5) is 4.26. The number of nitrogens with one attached hydrogen (secondary N) is 1. The second kappa shape index (κ2) is 51.8. The van der Waals surface area contributed by atoms with Gasteiger partial charge in [-0.05, 0) is 141 Å². The van der Waals surface area contributed by atoms with Crippen LogP contribution in [-0.4, -0.2) is 35.7 Å². The van der Waals surface area contributed by atoms with E-state index in [-0.39, 0.29) is 81.5 Å². The molecule has 0 aromatic heterocycles. The standard InChI is InChI=1S/C23H24F9N2P.C23H27F6N2P.7C7H7.2Zr/c1-6-33-19(34-20(3,4)5)35(17-8-13(2)7-14(10-17)21(24,25)26)18-11-15(22(27,28)29)9-16(12-18)23(30,31)32;1-7-30-20(31-21(4,5)6)32(18-10-14(2)8-16(12-18)22(24,25)26)19-11-15(3)9-17(13-19)23(27,28)29;7*1-7-5-3-2-4-6-7;;/h7-12H,6H2,1-5H3,(H,33,34);8-13,20H,7H2,1-6H3;7*2-6H,1H2;;/q;-2;7*-1;;+4. The average Bonchev–Trinajstić information content (AvgIpc) is 0.781. The number of aryl methyl sites for hydroxylation is 3. The van der Waals surface area contributed by atoms with Crippen LogP contribution in [0.2, 0.25) is 0 Å². The van der Waals surface area contributed by atoms with Gasteiger partial charge in [0, 0.05) is 46.2 Å². The zero-order chi connectivity index (χ0) is 87.3. The van der Waals surface area contributed by atoms with E-state index in [1.807, 2.05) is 233 Å². The van der Waals surface area contributed by atoms with Crippen molar-refractivity contribution in [1.82, 2.24) is 5.32 Å². The maximum absolute atomic E-state index is 13.6. The zero-order valence-electron chi connectivity index (χ0n) is 68.0. The van der Waals surface area contributed by atoms with Crippen LogP contribution in [0.3, 0.4) is 0 Å². The van der Waals surface area contributed by atoms with E-state index in [4.69, 9.17) is 5.32 Å². The van der Waals surface area contributed by atoms with Crippen LogP contribution in [0, 0.1) is 69.2 Å². The Kier molecular flexibility index (Phi) is 47.2. The van der Waals surface area contributed by atoms with Crippen molar-refractivity contribution in [2.24, 2.45) is 4.99 Å². The minimum Gasteiger partial charge on any atom is -0.674 e. The normalized spacial score (nSPS) is 11.8. The van der Waals surface area contributed by atoms with Crippen LogP contribution in [0.4, 0.5) is 65.9 Å². The van der Waals surface area contributed by atoms with Crippen LogP contribution >= 0.6 is 15.8 Å². The molecule has 2 unspecified atom stereocenters. The number of rotatable bonds is 10. The largest absolute Gasteiger partial charge is 4.00 e. The number of nitrogens with zero attached hydrogens (tertiary/aromatic N) is 3. The van der Waals surface area contributed by atoms with Crippen molar-refractivity contribution in [3.05, 3.63) is 428 Å². The van der Waals surface area contributed by atoms with Crippen molar-refractivity contribution >= 4 is 42.6 Å². The fourth-order valence-corrected chi connectivity index (χ4v) is 15.3. The average molecular weight is 1830 g/mol. The molecule has 0 bridgehead atoms. The topological polar surface area (TPSA) is 52.6 Å². The summed E-state index contributed by atoms with van der Waals surface area (Å²) in [5.74, 6) is -0.791. The summed E-state index contributed by atoms with van der Waals surface area (Å²) in [6.07, 6.45) is -24.2. The van der Waals surface area contributed by atoms with E-state index >= 15 is 0 Å². The van der Waals surface area contributed by atoms with Gasteiger partial charge in [-0.3, -0.25) is 4.99 Å². The Hall–Kier alpha value is -8.52. The van der Waals surface area contributed by atoms with Gasteiger partial charge < -0.3 is 16.0 Å². The van der Waals surface area contributed by atoms with E-state index in [1.165, 1.54) is 26.8 Å². The number of amidine groups is 1. The van der Waals surface area contributed by atoms with Gasteiger partial charge in [0.2, 0.25) is 0 Å². The van der Waals surface area contributed by atoms with E-state index in [1.54, 1.807) is 46.8 Å². The monoisotopic (exact) mass is 1820 g/mol. The van der Waals surface area contributed by atoms with Crippen molar-refractivity contribution in [1.29, 1.82) is 0 Å². The maximum Gasteiger partial charge on any atom is 4.00 e. The van der Waals surface area contributed by atoms with Gasteiger partial charge in [0.15, 0.2) is 0 Å². The van der Waals surface area contributed by atoms with Gasteiger partial charge in [-0.1, -0.05) is 96.3 Å². The molecule has 4 nitrogen and oxygen atoms in total. The van der Waals surface area contributed by atoms with E-state index < -0.39 is 96.8 Å². The first-order chi connectivity index (χ1) is 54.0. The van der Waals surface area contributed by atoms with Crippen molar-refractivity contribution in [2.75, 3.05) is 13.1 Å². The van der Waals surface area contributed by atoms with E-state index in [2.05, 4.69) is 64.1 Å². The van der Waals surface area contributed by atoms with Gasteiger partial charge in [0.1, 0.15) is 5.58 Å². The molecule has 0 saturated heterocycles. The number of benzene rings is 11. The first kappa shape index (κ1) is 107. The number of hydrogen-bond donors (Lipinski definition) is 1. The quantitative estimate of drug-likeness (QED) is 0.0479. The van der Waals surface area contributed by atoms with Gasteiger partial charge in [-0.2, -0.15) is 245 Å². The third-order valence-corrected chi connectivity index (χ3v) is 19.4. The molecule has 0 radical (unpaired) electrons. The molecule has 0 heterocycles. The van der Waals surface area contributed by atoms with Crippen molar-refractivity contribution in [3.8, 4) is 0 Å². The predicted octanol–water partition coefficient (Wildman–Crippen LogP) is 27.9. The Balaban J connectivity index is 0.000000743. The number of halogens is 15. The Morgan fingerprint density at radius 1 is 0.339 bits per heavy atom. The van der Waals surface area contributed by atoms with Crippen LogP contribution in [0.15, 0.2) is 290 Å². The molecule has 0 fully saturated rings. The molecule has 628 valence electrons. The van der Waals surface area contributed by atoms with Gasteiger partial charge in [0.05, 0.1) is 27.8 Å². The first-order valence-electron chi connectivity index (χ1n) is 36.2. The molecule has 23 heteroatoms. The van der Waals surface area contributed by atoms with Crippen LogP contribution in [0.1, 0.15) is 139 Å². The van der Waals surface area contributed by atoms with E-state index in [0.29, 0.717) is 40.4 Å². The van der Waals surface area contributed by atoms with Crippen LogP contribution in [-0.2, 0) is 83.3 Å². The molecular weight excluding hydrogens is 1730 g/mol. The molecule has 118 heavy (non-hydrogen) atoms. The summed E-state index contributed by atoms with van der Waals surface area (Å²) in [6, 6.07) is 80.4. The summed E-state index contributed by atoms with van der Waals surface area (Å²) >= 11 is 0. The van der Waals surface area contributed by atoms with Gasteiger partial charge >= 0.3 is 57.1 Å². The summed E-state index contributed by atoms with van der Waals surface area (Å²) in [5.41, 5.74) is 1.25. The van der Waals surface area contributed by atoms with Crippen LogP contribution in [0.5, 0.6) is 0 Å². The molecular formula is C95H100F15N4P2Zr2-5. The molecule has 0 aliphatic rings. The fourth-order valence-electron chi connectivity index (χ4n) is 9.75.